The highest BCUT2D eigenvalue weighted by molar-refractivity contribution is 5.77. The molecule has 17 heavy (non-hydrogen) atoms. The summed E-state index contributed by atoms with van der Waals surface area (Å²) in [5.74, 6) is -0.319. The first-order valence-corrected chi connectivity index (χ1v) is 5.73. The van der Waals surface area contributed by atoms with Crippen LogP contribution in [0.3, 0.4) is 0 Å². The zero-order chi connectivity index (χ0) is 12.3. The largest absolute Gasteiger partial charge is 0.397 e. The fourth-order valence-corrected chi connectivity index (χ4v) is 1.53. The quantitative estimate of drug-likeness (QED) is 0.680. The van der Waals surface area contributed by atoms with Crippen molar-refractivity contribution in [2.75, 3.05) is 17.6 Å². The first-order chi connectivity index (χ1) is 8.15. The zero-order valence-electron chi connectivity index (χ0n) is 9.50. The Morgan fingerprint density at radius 1 is 1.47 bits per heavy atom. The number of nitrogens with one attached hydrogen (secondary N) is 2. The minimum absolute atomic E-state index is 0.0423. The number of hydrogen-bond acceptors (Lipinski definition) is 3. The van der Waals surface area contributed by atoms with Gasteiger partial charge in [-0.15, -0.1) is 0 Å². The number of halogens is 1. The van der Waals surface area contributed by atoms with Gasteiger partial charge in [-0.1, -0.05) is 0 Å². The first kappa shape index (κ1) is 11.7. The van der Waals surface area contributed by atoms with Crippen LogP contribution in [0.2, 0.25) is 0 Å². The third kappa shape index (κ3) is 3.62. The average molecular weight is 237 g/mol. The fraction of sp³-hybridized carbons (Fsp3) is 0.417. The van der Waals surface area contributed by atoms with E-state index in [0.717, 1.165) is 12.8 Å². The Bertz CT molecular complexity index is 418. The number of nitrogens with two attached hydrogens (primary N) is 1. The van der Waals surface area contributed by atoms with E-state index in [-0.39, 0.29) is 11.7 Å². The monoisotopic (exact) mass is 237 g/mol. The maximum atomic E-state index is 12.8. The molecule has 0 heterocycles. The van der Waals surface area contributed by atoms with Crippen LogP contribution in [0, 0.1) is 5.82 Å². The van der Waals surface area contributed by atoms with E-state index in [0.29, 0.717) is 30.4 Å². The van der Waals surface area contributed by atoms with Crippen LogP contribution in [0.15, 0.2) is 18.2 Å². The highest BCUT2D eigenvalue weighted by Gasteiger charge is 2.22. The van der Waals surface area contributed by atoms with Crippen LogP contribution in [0.4, 0.5) is 15.8 Å². The van der Waals surface area contributed by atoms with Crippen molar-refractivity contribution >= 4 is 17.3 Å². The van der Waals surface area contributed by atoms with E-state index in [2.05, 4.69) is 10.6 Å². The van der Waals surface area contributed by atoms with Gasteiger partial charge in [-0.05, 0) is 31.0 Å². The van der Waals surface area contributed by atoms with Gasteiger partial charge in [-0.3, -0.25) is 4.79 Å². The molecule has 0 aromatic heterocycles. The Labute approximate surface area is 99.4 Å². The van der Waals surface area contributed by atoms with Gasteiger partial charge in [0.1, 0.15) is 5.82 Å². The highest BCUT2D eigenvalue weighted by Crippen LogP contribution is 2.20. The fourth-order valence-electron chi connectivity index (χ4n) is 1.53. The number of amides is 1. The summed E-state index contributed by atoms with van der Waals surface area (Å²) in [4.78, 5) is 11.4. The first-order valence-electron chi connectivity index (χ1n) is 5.73. The number of nitrogen functional groups attached to an aromatic ring is 1. The molecule has 5 heteroatoms. The van der Waals surface area contributed by atoms with Gasteiger partial charge >= 0.3 is 0 Å². The second-order valence-electron chi connectivity index (χ2n) is 4.25. The molecule has 1 fully saturated rings. The standard InChI is InChI=1S/C12H16FN3O/c13-8-1-4-11(10(14)7-8)15-6-5-12(17)16-9-2-3-9/h1,4,7,9,15H,2-3,5-6,14H2,(H,16,17). The van der Waals surface area contributed by atoms with Crippen molar-refractivity contribution in [2.24, 2.45) is 0 Å². The van der Waals surface area contributed by atoms with E-state index >= 15 is 0 Å². The van der Waals surface area contributed by atoms with E-state index in [4.69, 9.17) is 5.73 Å². The summed E-state index contributed by atoms with van der Waals surface area (Å²) in [5.41, 5.74) is 6.64. The Hall–Kier alpha value is -1.78. The predicted molar refractivity (Wildman–Crippen MR) is 65.1 cm³/mol. The lowest BCUT2D eigenvalue weighted by Crippen LogP contribution is -2.27. The molecule has 4 nitrogen and oxygen atoms in total. The van der Waals surface area contributed by atoms with E-state index < -0.39 is 0 Å². The van der Waals surface area contributed by atoms with Crippen LogP contribution in [0.25, 0.3) is 0 Å². The Morgan fingerprint density at radius 3 is 2.88 bits per heavy atom. The van der Waals surface area contributed by atoms with Gasteiger partial charge in [0.25, 0.3) is 0 Å². The molecule has 1 aromatic carbocycles. The maximum Gasteiger partial charge on any atom is 0.221 e. The summed E-state index contributed by atoms with van der Waals surface area (Å²) in [6.07, 6.45) is 2.57. The second kappa shape index (κ2) is 5.03. The number of carbonyl (C=O) groups excluding carboxylic acids is 1. The molecule has 2 rings (SSSR count). The molecular formula is C12H16FN3O. The Balaban J connectivity index is 1.75. The van der Waals surface area contributed by atoms with Gasteiger partial charge in [0.2, 0.25) is 5.91 Å². The molecule has 1 aliphatic carbocycles. The van der Waals surface area contributed by atoms with E-state index in [1.54, 1.807) is 6.07 Å². The van der Waals surface area contributed by atoms with Crippen LogP contribution in [-0.4, -0.2) is 18.5 Å². The molecule has 0 atom stereocenters. The molecule has 0 aliphatic heterocycles. The van der Waals surface area contributed by atoms with E-state index in [9.17, 15) is 9.18 Å². The molecule has 1 saturated carbocycles. The summed E-state index contributed by atoms with van der Waals surface area (Å²) >= 11 is 0. The number of benzene rings is 1. The molecule has 0 radical (unpaired) electrons. The van der Waals surface area contributed by atoms with Crippen molar-refractivity contribution < 1.29 is 9.18 Å². The Kier molecular flexibility index (Phi) is 3.46. The molecule has 1 amide bonds. The third-order valence-corrected chi connectivity index (χ3v) is 2.62. The Morgan fingerprint density at radius 2 is 2.24 bits per heavy atom. The molecule has 0 bridgehead atoms. The van der Waals surface area contributed by atoms with Gasteiger partial charge in [-0.2, -0.15) is 0 Å². The van der Waals surface area contributed by atoms with Crippen molar-refractivity contribution in [2.45, 2.75) is 25.3 Å². The smallest absolute Gasteiger partial charge is 0.221 e. The number of anilines is 2. The number of rotatable bonds is 5. The molecule has 0 unspecified atom stereocenters. The molecule has 92 valence electrons. The molecule has 4 N–H and O–H groups in total. The summed E-state index contributed by atoms with van der Waals surface area (Å²) < 4.78 is 12.8. The lowest BCUT2D eigenvalue weighted by atomic mass is 10.2. The van der Waals surface area contributed by atoms with Crippen molar-refractivity contribution in [1.29, 1.82) is 0 Å². The molecule has 0 saturated heterocycles. The van der Waals surface area contributed by atoms with Gasteiger partial charge in [-0.25, -0.2) is 4.39 Å². The van der Waals surface area contributed by atoms with Crippen LogP contribution in [0.5, 0.6) is 0 Å². The summed E-state index contributed by atoms with van der Waals surface area (Å²) in [7, 11) is 0. The molecule has 1 aromatic rings. The molecule has 0 spiro atoms. The maximum absolute atomic E-state index is 12.8. The summed E-state index contributed by atoms with van der Waals surface area (Å²) in [6, 6.07) is 4.55. The second-order valence-corrected chi connectivity index (χ2v) is 4.25. The van der Waals surface area contributed by atoms with E-state index in [1.807, 2.05) is 0 Å². The van der Waals surface area contributed by atoms with Crippen molar-refractivity contribution in [3.8, 4) is 0 Å². The van der Waals surface area contributed by atoms with Gasteiger partial charge in [0.15, 0.2) is 0 Å². The predicted octanol–water partition coefficient (Wildman–Crippen LogP) is 1.49. The minimum Gasteiger partial charge on any atom is -0.397 e. The van der Waals surface area contributed by atoms with Crippen LogP contribution in [0.1, 0.15) is 19.3 Å². The molecule has 1 aliphatic rings. The third-order valence-electron chi connectivity index (χ3n) is 2.62. The lowest BCUT2D eigenvalue weighted by molar-refractivity contribution is -0.120. The average Bonchev–Trinajstić information content (AvgIpc) is 3.05. The highest BCUT2D eigenvalue weighted by atomic mass is 19.1. The lowest BCUT2D eigenvalue weighted by Gasteiger charge is -2.09. The van der Waals surface area contributed by atoms with Gasteiger partial charge in [0.05, 0.1) is 11.4 Å². The zero-order valence-corrected chi connectivity index (χ0v) is 9.50. The summed E-state index contributed by atoms with van der Waals surface area (Å²) in [6.45, 7) is 0.494. The SMILES string of the molecule is Nc1cc(F)ccc1NCCC(=O)NC1CC1. The molecular weight excluding hydrogens is 221 g/mol. The van der Waals surface area contributed by atoms with Crippen LogP contribution < -0.4 is 16.4 Å². The van der Waals surface area contributed by atoms with E-state index in [1.165, 1.54) is 12.1 Å². The number of hydrogen-bond donors (Lipinski definition) is 3. The van der Waals surface area contributed by atoms with Crippen molar-refractivity contribution in [3.63, 3.8) is 0 Å². The number of carbonyl (C=O) groups is 1. The minimum atomic E-state index is -0.362. The van der Waals surface area contributed by atoms with Gasteiger partial charge in [0, 0.05) is 19.0 Å². The summed E-state index contributed by atoms with van der Waals surface area (Å²) in [5, 5.41) is 5.91. The normalized spacial score (nSPS) is 14.4. The van der Waals surface area contributed by atoms with Crippen molar-refractivity contribution in [3.05, 3.63) is 24.0 Å². The topological polar surface area (TPSA) is 67.1 Å². The van der Waals surface area contributed by atoms with Crippen molar-refractivity contribution in [1.82, 2.24) is 5.32 Å². The van der Waals surface area contributed by atoms with Crippen LogP contribution >= 0.6 is 0 Å². The van der Waals surface area contributed by atoms with Crippen LogP contribution in [-0.2, 0) is 4.79 Å². The van der Waals surface area contributed by atoms with Gasteiger partial charge < -0.3 is 16.4 Å².